The largest absolute Gasteiger partial charge is 0.353 e. The minimum Gasteiger partial charge on any atom is -0.353 e. The lowest BCUT2D eigenvalue weighted by Crippen LogP contribution is -2.40. The van der Waals surface area contributed by atoms with E-state index in [9.17, 15) is 13.2 Å². The molecule has 0 saturated heterocycles. The van der Waals surface area contributed by atoms with Crippen LogP contribution >= 0.6 is 12.4 Å². The zero-order chi connectivity index (χ0) is 16.9. The Kier molecular flexibility index (Phi) is 8.15. The van der Waals surface area contributed by atoms with Crippen LogP contribution in [0.3, 0.4) is 0 Å². The number of sulfonamides is 1. The lowest BCUT2D eigenvalue weighted by atomic mass is 9.86. The summed E-state index contributed by atoms with van der Waals surface area (Å²) in [7, 11) is -3.35. The molecule has 1 unspecified atom stereocenters. The van der Waals surface area contributed by atoms with Gasteiger partial charge in [-0.3, -0.25) is 4.79 Å². The van der Waals surface area contributed by atoms with Gasteiger partial charge in [-0.15, -0.1) is 12.4 Å². The Hall–Kier alpha value is -1.15. The SMILES string of the molecule is Cc1ccc(C(N)C(=O)NCCS(=O)(=O)NCC2CCC2)cc1.Cl. The van der Waals surface area contributed by atoms with Crippen LogP contribution in [0.5, 0.6) is 0 Å². The Balaban J connectivity index is 0.00000288. The number of aryl methyl sites for hydroxylation is 1. The molecule has 4 N–H and O–H groups in total. The number of hydrogen-bond donors (Lipinski definition) is 3. The van der Waals surface area contributed by atoms with Crippen molar-refractivity contribution < 1.29 is 13.2 Å². The summed E-state index contributed by atoms with van der Waals surface area (Å²) in [6.45, 7) is 2.51. The van der Waals surface area contributed by atoms with Crippen LogP contribution in [0.15, 0.2) is 24.3 Å². The molecule has 0 aromatic heterocycles. The van der Waals surface area contributed by atoms with Crippen molar-refractivity contribution in [3.05, 3.63) is 35.4 Å². The molecule has 1 aromatic carbocycles. The minimum atomic E-state index is -3.35. The molecular formula is C16H26ClN3O3S. The fourth-order valence-corrected chi connectivity index (χ4v) is 3.36. The van der Waals surface area contributed by atoms with Gasteiger partial charge >= 0.3 is 0 Å². The molecule has 24 heavy (non-hydrogen) atoms. The summed E-state index contributed by atoms with van der Waals surface area (Å²) in [6, 6.07) is 6.59. The van der Waals surface area contributed by atoms with E-state index in [1.807, 2.05) is 19.1 Å². The Morgan fingerprint density at radius 2 is 1.92 bits per heavy atom. The van der Waals surface area contributed by atoms with Crippen molar-refractivity contribution in [2.45, 2.75) is 32.2 Å². The molecule has 8 heteroatoms. The highest BCUT2D eigenvalue weighted by molar-refractivity contribution is 7.89. The molecule has 1 atom stereocenters. The highest BCUT2D eigenvalue weighted by atomic mass is 35.5. The Bertz CT molecular complexity index is 630. The first-order valence-electron chi connectivity index (χ1n) is 7.94. The number of nitrogens with one attached hydrogen (secondary N) is 2. The van der Waals surface area contributed by atoms with Crippen LogP contribution in [0, 0.1) is 12.8 Å². The van der Waals surface area contributed by atoms with Gasteiger partial charge in [0.05, 0.1) is 5.75 Å². The van der Waals surface area contributed by atoms with Crippen LogP contribution in [0.25, 0.3) is 0 Å². The molecule has 0 radical (unpaired) electrons. The van der Waals surface area contributed by atoms with Gasteiger partial charge in [-0.2, -0.15) is 0 Å². The van der Waals surface area contributed by atoms with Gasteiger partial charge in [0.1, 0.15) is 6.04 Å². The van der Waals surface area contributed by atoms with E-state index in [-0.39, 0.29) is 30.6 Å². The molecule has 0 aliphatic heterocycles. The second-order valence-corrected chi connectivity index (χ2v) is 8.07. The number of benzene rings is 1. The summed E-state index contributed by atoms with van der Waals surface area (Å²) >= 11 is 0. The van der Waals surface area contributed by atoms with Crippen molar-refractivity contribution in [2.24, 2.45) is 11.7 Å². The second-order valence-electron chi connectivity index (χ2n) is 6.14. The fraction of sp³-hybridized carbons (Fsp3) is 0.562. The van der Waals surface area contributed by atoms with Gasteiger partial charge in [0.2, 0.25) is 15.9 Å². The molecule has 1 amide bonds. The number of halogens is 1. The Morgan fingerprint density at radius 3 is 2.46 bits per heavy atom. The van der Waals surface area contributed by atoms with Crippen LogP contribution in [0.4, 0.5) is 0 Å². The van der Waals surface area contributed by atoms with Gasteiger partial charge in [-0.1, -0.05) is 36.2 Å². The van der Waals surface area contributed by atoms with Gasteiger partial charge in [-0.25, -0.2) is 13.1 Å². The highest BCUT2D eigenvalue weighted by Crippen LogP contribution is 2.25. The van der Waals surface area contributed by atoms with Gasteiger partial charge in [0.25, 0.3) is 0 Å². The normalized spacial score (nSPS) is 15.9. The van der Waals surface area contributed by atoms with Crippen molar-refractivity contribution in [1.29, 1.82) is 0 Å². The number of rotatable bonds is 8. The molecule has 1 aliphatic rings. The second kappa shape index (κ2) is 9.36. The standard InChI is InChI=1S/C16H25N3O3S.ClH/c1-12-5-7-14(8-6-12)15(17)16(20)18-9-10-23(21,22)19-11-13-3-2-4-13;/h5-8,13,15,19H,2-4,9-11,17H2,1H3,(H,18,20);1H. The van der Waals surface area contributed by atoms with Crippen LogP contribution in [0.2, 0.25) is 0 Å². The van der Waals surface area contributed by atoms with Gasteiger partial charge in [-0.05, 0) is 31.2 Å². The van der Waals surface area contributed by atoms with Gasteiger partial charge < -0.3 is 11.1 Å². The molecule has 2 rings (SSSR count). The zero-order valence-corrected chi connectivity index (χ0v) is 15.5. The average molecular weight is 376 g/mol. The number of hydrogen-bond acceptors (Lipinski definition) is 4. The van der Waals surface area contributed by atoms with Crippen molar-refractivity contribution in [3.8, 4) is 0 Å². The number of amides is 1. The third-order valence-electron chi connectivity index (χ3n) is 4.21. The number of carbonyl (C=O) groups is 1. The van der Waals surface area contributed by atoms with Crippen molar-refractivity contribution in [2.75, 3.05) is 18.8 Å². The van der Waals surface area contributed by atoms with Crippen LogP contribution < -0.4 is 15.8 Å². The van der Waals surface area contributed by atoms with Crippen LogP contribution in [0.1, 0.15) is 36.4 Å². The highest BCUT2D eigenvalue weighted by Gasteiger charge is 2.21. The monoisotopic (exact) mass is 375 g/mol. The summed E-state index contributed by atoms with van der Waals surface area (Å²) < 4.78 is 26.3. The molecule has 6 nitrogen and oxygen atoms in total. The topological polar surface area (TPSA) is 101 Å². The first-order valence-corrected chi connectivity index (χ1v) is 9.60. The summed E-state index contributed by atoms with van der Waals surface area (Å²) in [5.74, 6) is -0.0381. The van der Waals surface area contributed by atoms with E-state index >= 15 is 0 Å². The Labute approximate surface area is 150 Å². The summed E-state index contributed by atoms with van der Waals surface area (Å²) in [5, 5.41) is 2.58. The summed E-state index contributed by atoms with van der Waals surface area (Å²) in [6.07, 6.45) is 3.36. The maximum atomic E-state index is 12.0. The van der Waals surface area contributed by atoms with Crippen molar-refractivity contribution >= 4 is 28.3 Å². The molecule has 1 fully saturated rings. The predicted molar refractivity (Wildman–Crippen MR) is 97.5 cm³/mol. The van der Waals surface area contributed by atoms with Crippen LogP contribution in [-0.2, 0) is 14.8 Å². The molecule has 1 saturated carbocycles. The van der Waals surface area contributed by atoms with E-state index in [0.717, 1.165) is 18.4 Å². The maximum Gasteiger partial charge on any atom is 0.241 e. The predicted octanol–water partition coefficient (Wildman–Crippen LogP) is 1.25. The maximum absolute atomic E-state index is 12.0. The van der Waals surface area contributed by atoms with Crippen LogP contribution in [-0.4, -0.2) is 33.2 Å². The Morgan fingerprint density at radius 1 is 1.29 bits per heavy atom. The lowest BCUT2D eigenvalue weighted by Gasteiger charge is -2.25. The summed E-state index contributed by atoms with van der Waals surface area (Å²) in [4.78, 5) is 12.0. The molecular weight excluding hydrogens is 350 g/mol. The number of nitrogens with two attached hydrogens (primary N) is 1. The smallest absolute Gasteiger partial charge is 0.241 e. The van der Waals surface area contributed by atoms with E-state index in [1.54, 1.807) is 12.1 Å². The molecule has 1 aliphatic carbocycles. The summed E-state index contributed by atoms with van der Waals surface area (Å²) in [5.41, 5.74) is 7.68. The number of carbonyl (C=O) groups excluding carboxylic acids is 1. The molecule has 0 spiro atoms. The van der Waals surface area contributed by atoms with Gasteiger partial charge in [0, 0.05) is 13.1 Å². The third-order valence-corrected chi connectivity index (χ3v) is 5.55. The van der Waals surface area contributed by atoms with Crippen molar-refractivity contribution in [3.63, 3.8) is 0 Å². The first-order chi connectivity index (χ1) is 10.9. The third kappa shape index (κ3) is 6.39. The van der Waals surface area contributed by atoms with E-state index in [1.165, 1.54) is 6.42 Å². The minimum absolute atomic E-state index is 0. The molecule has 136 valence electrons. The molecule has 0 bridgehead atoms. The average Bonchev–Trinajstić information content (AvgIpc) is 2.45. The fourth-order valence-electron chi connectivity index (χ4n) is 2.36. The van der Waals surface area contributed by atoms with E-state index in [0.29, 0.717) is 18.0 Å². The first kappa shape index (κ1) is 20.9. The van der Waals surface area contributed by atoms with E-state index in [4.69, 9.17) is 5.73 Å². The van der Waals surface area contributed by atoms with E-state index < -0.39 is 16.1 Å². The van der Waals surface area contributed by atoms with E-state index in [2.05, 4.69) is 10.0 Å². The van der Waals surface area contributed by atoms with Crippen molar-refractivity contribution in [1.82, 2.24) is 10.0 Å². The zero-order valence-electron chi connectivity index (χ0n) is 13.8. The van der Waals surface area contributed by atoms with Gasteiger partial charge in [0.15, 0.2) is 0 Å². The molecule has 0 heterocycles. The molecule has 1 aromatic rings. The lowest BCUT2D eigenvalue weighted by molar-refractivity contribution is -0.122. The quantitative estimate of drug-likeness (QED) is 0.636.